The van der Waals surface area contributed by atoms with E-state index in [1.165, 1.54) is 6.07 Å². The number of hydrogen-bond donors (Lipinski definition) is 3. The minimum absolute atomic E-state index is 0.124. The highest BCUT2D eigenvalue weighted by molar-refractivity contribution is 6.34. The van der Waals surface area contributed by atoms with Crippen molar-refractivity contribution >= 4 is 29.2 Å². The molecule has 1 heterocycles. The predicted octanol–water partition coefficient (Wildman–Crippen LogP) is 0.283. The molecule has 0 radical (unpaired) electrons. The van der Waals surface area contributed by atoms with Gasteiger partial charge in [-0.2, -0.15) is 5.26 Å². The Labute approximate surface area is 94.9 Å². The van der Waals surface area contributed by atoms with Crippen molar-refractivity contribution in [2.45, 2.75) is 12.2 Å². The molecule has 2 atom stereocenters. The highest BCUT2D eigenvalue weighted by atomic mass is 35.5. The molecule has 0 bridgehead atoms. The standard InChI is InChI=1S/C7H6Cl2N4O2/c8-5-3(4(15)2(14)1-10)6(9)13-7(11)12-5/h2,4,14-15H,(H2,11,12,13). The van der Waals surface area contributed by atoms with Crippen LogP contribution in [0.3, 0.4) is 0 Å². The van der Waals surface area contributed by atoms with Gasteiger partial charge in [0.15, 0.2) is 6.10 Å². The van der Waals surface area contributed by atoms with Crippen molar-refractivity contribution in [3.05, 3.63) is 15.9 Å². The maximum absolute atomic E-state index is 9.48. The van der Waals surface area contributed by atoms with E-state index in [9.17, 15) is 5.11 Å². The molecule has 0 aliphatic rings. The highest BCUT2D eigenvalue weighted by Gasteiger charge is 2.25. The first-order valence-electron chi connectivity index (χ1n) is 3.71. The Kier molecular flexibility index (Phi) is 3.66. The van der Waals surface area contributed by atoms with Crippen LogP contribution in [0.5, 0.6) is 0 Å². The van der Waals surface area contributed by atoms with Crippen LogP contribution in [-0.2, 0) is 0 Å². The number of anilines is 1. The fourth-order valence-corrected chi connectivity index (χ4v) is 1.53. The smallest absolute Gasteiger partial charge is 0.222 e. The van der Waals surface area contributed by atoms with Crippen molar-refractivity contribution in [2.75, 3.05) is 5.73 Å². The average Bonchev–Trinajstić information content (AvgIpc) is 2.14. The molecule has 0 aliphatic carbocycles. The fraction of sp³-hybridized carbons (Fsp3) is 0.286. The molecule has 1 rings (SSSR count). The Morgan fingerprint density at radius 3 is 2.13 bits per heavy atom. The second-order valence-electron chi connectivity index (χ2n) is 2.60. The van der Waals surface area contributed by atoms with E-state index in [0.29, 0.717) is 0 Å². The van der Waals surface area contributed by atoms with Crippen molar-refractivity contribution in [3.8, 4) is 6.07 Å². The quantitative estimate of drug-likeness (QED) is 0.512. The number of hydrogen-bond acceptors (Lipinski definition) is 6. The van der Waals surface area contributed by atoms with E-state index in [1.807, 2.05) is 0 Å². The molecule has 0 fully saturated rings. The van der Waals surface area contributed by atoms with Gasteiger partial charge in [0.1, 0.15) is 16.4 Å². The first-order chi connectivity index (χ1) is 6.97. The molecule has 1 aromatic heterocycles. The summed E-state index contributed by atoms with van der Waals surface area (Å²) < 4.78 is 0. The van der Waals surface area contributed by atoms with Crippen molar-refractivity contribution in [1.29, 1.82) is 5.26 Å². The lowest BCUT2D eigenvalue weighted by molar-refractivity contribution is 0.0525. The Balaban J connectivity index is 3.21. The number of nitrogen functional groups attached to an aromatic ring is 1. The third-order valence-electron chi connectivity index (χ3n) is 1.60. The van der Waals surface area contributed by atoms with Crippen LogP contribution in [0.1, 0.15) is 11.7 Å². The Bertz CT molecular complexity index is 397. The van der Waals surface area contributed by atoms with Crippen LogP contribution in [0, 0.1) is 11.3 Å². The number of aliphatic hydroxyl groups excluding tert-OH is 2. The van der Waals surface area contributed by atoms with Crippen LogP contribution in [0.4, 0.5) is 5.95 Å². The Morgan fingerprint density at radius 2 is 1.73 bits per heavy atom. The number of aromatic nitrogens is 2. The summed E-state index contributed by atoms with van der Waals surface area (Å²) in [5.74, 6) is -0.160. The summed E-state index contributed by atoms with van der Waals surface area (Å²) in [7, 11) is 0. The number of nitriles is 1. The highest BCUT2D eigenvalue weighted by Crippen LogP contribution is 2.29. The molecule has 0 aromatic carbocycles. The van der Waals surface area contributed by atoms with Gasteiger partial charge in [0.25, 0.3) is 0 Å². The maximum atomic E-state index is 9.48. The second kappa shape index (κ2) is 4.59. The van der Waals surface area contributed by atoms with Gasteiger partial charge < -0.3 is 15.9 Å². The third-order valence-corrected chi connectivity index (χ3v) is 2.17. The van der Waals surface area contributed by atoms with Crippen LogP contribution >= 0.6 is 23.2 Å². The molecule has 6 nitrogen and oxygen atoms in total. The SMILES string of the molecule is N#CC(O)C(O)c1c(Cl)nc(N)nc1Cl. The summed E-state index contributed by atoms with van der Waals surface area (Å²) in [6.07, 6.45) is -3.23. The molecule has 0 saturated heterocycles. The van der Waals surface area contributed by atoms with Gasteiger partial charge in [-0.3, -0.25) is 0 Å². The molecule has 0 aliphatic heterocycles. The lowest BCUT2D eigenvalue weighted by Gasteiger charge is -2.14. The molecule has 1 aromatic rings. The number of aliphatic hydroxyl groups is 2. The lowest BCUT2D eigenvalue weighted by Crippen LogP contribution is -2.18. The number of halogens is 2. The molecular weight excluding hydrogens is 243 g/mol. The van der Waals surface area contributed by atoms with E-state index in [0.717, 1.165) is 0 Å². The monoisotopic (exact) mass is 248 g/mol. The normalized spacial score (nSPS) is 14.3. The van der Waals surface area contributed by atoms with E-state index >= 15 is 0 Å². The number of nitrogens with two attached hydrogens (primary N) is 1. The number of rotatable bonds is 2. The van der Waals surface area contributed by atoms with Gasteiger partial charge in [-0.15, -0.1) is 0 Å². The van der Waals surface area contributed by atoms with Crippen molar-refractivity contribution in [2.24, 2.45) is 0 Å². The molecule has 15 heavy (non-hydrogen) atoms. The van der Waals surface area contributed by atoms with Gasteiger partial charge in [-0.1, -0.05) is 23.2 Å². The van der Waals surface area contributed by atoms with Crippen LogP contribution in [0.25, 0.3) is 0 Å². The second-order valence-corrected chi connectivity index (χ2v) is 3.31. The number of nitrogens with zero attached hydrogens (tertiary/aromatic N) is 3. The summed E-state index contributed by atoms with van der Waals surface area (Å²) in [5, 5.41) is 26.6. The zero-order chi connectivity index (χ0) is 11.6. The van der Waals surface area contributed by atoms with Gasteiger partial charge >= 0.3 is 0 Å². The molecule has 0 spiro atoms. The Morgan fingerprint density at radius 1 is 1.27 bits per heavy atom. The van der Waals surface area contributed by atoms with Gasteiger partial charge in [0, 0.05) is 0 Å². The van der Waals surface area contributed by atoms with Crippen molar-refractivity contribution < 1.29 is 10.2 Å². The van der Waals surface area contributed by atoms with Crippen LogP contribution in [-0.4, -0.2) is 26.3 Å². The molecule has 4 N–H and O–H groups in total. The minimum Gasteiger partial charge on any atom is -0.384 e. The molecule has 80 valence electrons. The van der Waals surface area contributed by atoms with E-state index in [4.69, 9.17) is 39.3 Å². The molecule has 2 unspecified atom stereocenters. The zero-order valence-electron chi connectivity index (χ0n) is 7.22. The summed E-state index contributed by atoms with van der Waals surface area (Å²) >= 11 is 11.3. The largest absolute Gasteiger partial charge is 0.384 e. The van der Waals surface area contributed by atoms with Gasteiger partial charge in [0.05, 0.1) is 11.6 Å². The fourth-order valence-electron chi connectivity index (χ4n) is 0.904. The van der Waals surface area contributed by atoms with Gasteiger partial charge in [-0.05, 0) is 0 Å². The Hall–Kier alpha value is -1.13. The average molecular weight is 249 g/mol. The zero-order valence-corrected chi connectivity index (χ0v) is 8.74. The van der Waals surface area contributed by atoms with E-state index < -0.39 is 12.2 Å². The van der Waals surface area contributed by atoms with Gasteiger partial charge in [-0.25, -0.2) is 9.97 Å². The van der Waals surface area contributed by atoms with Gasteiger partial charge in [0.2, 0.25) is 5.95 Å². The lowest BCUT2D eigenvalue weighted by atomic mass is 10.1. The summed E-state index contributed by atoms with van der Waals surface area (Å²) in [5.41, 5.74) is 5.11. The molecule has 8 heteroatoms. The van der Waals surface area contributed by atoms with Crippen molar-refractivity contribution in [3.63, 3.8) is 0 Å². The molecule has 0 amide bonds. The van der Waals surface area contributed by atoms with E-state index in [-0.39, 0.29) is 21.8 Å². The molecule has 0 saturated carbocycles. The summed E-state index contributed by atoms with van der Waals surface area (Å²) in [6.45, 7) is 0. The van der Waals surface area contributed by atoms with Crippen molar-refractivity contribution in [1.82, 2.24) is 9.97 Å². The van der Waals surface area contributed by atoms with Crippen LogP contribution in [0.15, 0.2) is 0 Å². The topological polar surface area (TPSA) is 116 Å². The minimum atomic E-state index is -1.66. The van der Waals surface area contributed by atoms with E-state index in [1.54, 1.807) is 0 Å². The first-order valence-corrected chi connectivity index (χ1v) is 4.47. The first kappa shape index (κ1) is 11.9. The maximum Gasteiger partial charge on any atom is 0.222 e. The van der Waals surface area contributed by atoms with E-state index in [2.05, 4.69) is 9.97 Å². The van der Waals surface area contributed by atoms with Crippen LogP contribution < -0.4 is 5.73 Å². The molecular formula is C7H6Cl2N4O2. The van der Waals surface area contributed by atoms with Crippen LogP contribution in [0.2, 0.25) is 10.3 Å². The predicted molar refractivity (Wildman–Crippen MR) is 53.0 cm³/mol. The summed E-state index contributed by atoms with van der Waals surface area (Å²) in [6, 6.07) is 1.43. The summed E-state index contributed by atoms with van der Waals surface area (Å²) in [4.78, 5) is 7.08. The third kappa shape index (κ3) is 2.46.